The molecule has 0 spiro atoms. The molecule has 2 amide bonds. The van der Waals surface area contributed by atoms with Gasteiger partial charge in [-0.1, -0.05) is 17.3 Å². The Morgan fingerprint density at radius 1 is 1.11 bits per heavy atom. The van der Waals surface area contributed by atoms with Crippen LogP contribution in [0.1, 0.15) is 39.4 Å². The number of likely N-dealkylation sites (N-methyl/N-ethyl adjacent to an activating group) is 1. The van der Waals surface area contributed by atoms with E-state index in [1.54, 1.807) is 0 Å². The van der Waals surface area contributed by atoms with E-state index >= 15 is 0 Å². The molecule has 0 saturated carbocycles. The number of benzene rings is 1. The molecule has 1 N–H and O–H groups in total. The van der Waals surface area contributed by atoms with Crippen molar-refractivity contribution in [1.82, 2.24) is 20.3 Å². The minimum absolute atomic E-state index is 0.0161. The third-order valence-corrected chi connectivity index (χ3v) is 5.26. The fraction of sp³-hybridized carbons (Fsp3) is 0.476. The number of rotatable bonds is 6. The van der Waals surface area contributed by atoms with Crippen LogP contribution in [0.2, 0.25) is 0 Å². The van der Waals surface area contributed by atoms with Crippen molar-refractivity contribution in [3.8, 4) is 0 Å². The highest BCUT2D eigenvalue weighted by Gasteiger charge is 2.20. The lowest BCUT2D eigenvalue weighted by atomic mass is 10.1. The van der Waals surface area contributed by atoms with Gasteiger partial charge in [0.1, 0.15) is 5.76 Å². The topological polar surface area (TPSA) is 78.7 Å². The van der Waals surface area contributed by atoms with Gasteiger partial charge in [-0.2, -0.15) is 0 Å². The maximum absolute atomic E-state index is 12.6. The van der Waals surface area contributed by atoms with Gasteiger partial charge >= 0.3 is 0 Å². The van der Waals surface area contributed by atoms with E-state index in [0.29, 0.717) is 24.9 Å². The van der Waals surface area contributed by atoms with Gasteiger partial charge in [0.2, 0.25) is 5.91 Å². The number of aromatic nitrogens is 1. The van der Waals surface area contributed by atoms with Crippen LogP contribution >= 0.6 is 0 Å². The number of carbonyl (C=O) groups excluding carboxylic acids is 2. The van der Waals surface area contributed by atoms with Crippen molar-refractivity contribution in [2.75, 3.05) is 33.2 Å². The molecule has 0 atom stereocenters. The van der Waals surface area contributed by atoms with Gasteiger partial charge in [0.25, 0.3) is 5.91 Å². The standard InChI is InChI=1S/C21H28N4O3/c1-15-19(16(2)28-23-15)8-9-20(26)22-14-17-4-6-18(7-5-17)21(27)25-12-10-24(3)11-13-25/h4-7H,8-14H2,1-3H3,(H,22,26). The van der Waals surface area contributed by atoms with Gasteiger partial charge in [-0.05, 0) is 45.0 Å². The lowest BCUT2D eigenvalue weighted by molar-refractivity contribution is -0.121. The number of nitrogens with one attached hydrogen (secondary N) is 1. The molecule has 3 rings (SSSR count). The molecule has 2 heterocycles. The maximum Gasteiger partial charge on any atom is 0.253 e. The number of hydrogen-bond donors (Lipinski definition) is 1. The molecular formula is C21H28N4O3. The fourth-order valence-electron chi connectivity index (χ4n) is 3.34. The summed E-state index contributed by atoms with van der Waals surface area (Å²) in [5, 5.41) is 6.83. The second-order valence-corrected chi connectivity index (χ2v) is 7.37. The summed E-state index contributed by atoms with van der Waals surface area (Å²) >= 11 is 0. The monoisotopic (exact) mass is 384 g/mol. The van der Waals surface area contributed by atoms with Crippen molar-refractivity contribution in [2.24, 2.45) is 0 Å². The summed E-state index contributed by atoms with van der Waals surface area (Å²) in [5.74, 6) is 0.826. The quantitative estimate of drug-likeness (QED) is 0.823. The van der Waals surface area contributed by atoms with E-state index < -0.39 is 0 Å². The highest BCUT2D eigenvalue weighted by atomic mass is 16.5. The molecule has 1 fully saturated rings. The van der Waals surface area contributed by atoms with E-state index in [2.05, 4.69) is 22.4 Å². The van der Waals surface area contributed by atoms with E-state index in [0.717, 1.165) is 48.8 Å². The Labute approximate surface area is 165 Å². The van der Waals surface area contributed by atoms with E-state index in [4.69, 9.17) is 4.52 Å². The number of nitrogens with zero attached hydrogens (tertiary/aromatic N) is 3. The van der Waals surface area contributed by atoms with Gasteiger partial charge in [-0.3, -0.25) is 9.59 Å². The highest BCUT2D eigenvalue weighted by molar-refractivity contribution is 5.94. The summed E-state index contributed by atoms with van der Waals surface area (Å²) in [6, 6.07) is 7.48. The Hall–Kier alpha value is -2.67. The zero-order valence-corrected chi connectivity index (χ0v) is 16.8. The molecule has 28 heavy (non-hydrogen) atoms. The van der Waals surface area contributed by atoms with E-state index in [1.165, 1.54) is 0 Å². The predicted octanol–water partition coefficient (Wildman–Crippen LogP) is 1.93. The van der Waals surface area contributed by atoms with Crippen molar-refractivity contribution in [1.29, 1.82) is 0 Å². The number of hydrogen-bond acceptors (Lipinski definition) is 5. The second-order valence-electron chi connectivity index (χ2n) is 7.37. The van der Waals surface area contributed by atoms with Crippen molar-refractivity contribution in [2.45, 2.75) is 33.2 Å². The van der Waals surface area contributed by atoms with Crippen LogP contribution in [0.25, 0.3) is 0 Å². The highest BCUT2D eigenvalue weighted by Crippen LogP contribution is 2.14. The first-order valence-electron chi connectivity index (χ1n) is 9.69. The third kappa shape index (κ3) is 4.98. The smallest absolute Gasteiger partial charge is 0.253 e. The molecule has 0 unspecified atom stereocenters. The normalized spacial score (nSPS) is 14.9. The van der Waals surface area contributed by atoms with Crippen LogP contribution in [0.15, 0.2) is 28.8 Å². The average molecular weight is 384 g/mol. The van der Waals surface area contributed by atoms with Crippen molar-refractivity contribution < 1.29 is 14.1 Å². The maximum atomic E-state index is 12.6. The predicted molar refractivity (Wildman–Crippen MR) is 106 cm³/mol. The Kier molecular flexibility index (Phi) is 6.46. The van der Waals surface area contributed by atoms with Gasteiger partial charge in [0.15, 0.2) is 0 Å². The zero-order valence-electron chi connectivity index (χ0n) is 16.8. The molecular weight excluding hydrogens is 356 g/mol. The summed E-state index contributed by atoms with van der Waals surface area (Å²) < 4.78 is 5.12. The van der Waals surface area contributed by atoms with Crippen LogP contribution in [0, 0.1) is 13.8 Å². The molecule has 1 saturated heterocycles. The van der Waals surface area contributed by atoms with Crippen LogP contribution in [-0.2, 0) is 17.8 Å². The summed E-state index contributed by atoms with van der Waals surface area (Å²) in [5.41, 5.74) is 3.51. The van der Waals surface area contributed by atoms with Gasteiger partial charge in [0.05, 0.1) is 5.69 Å². The van der Waals surface area contributed by atoms with Crippen LogP contribution in [0.3, 0.4) is 0 Å². The Morgan fingerprint density at radius 2 is 1.79 bits per heavy atom. The molecule has 0 bridgehead atoms. The molecule has 1 aliphatic rings. The number of amides is 2. The fourth-order valence-corrected chi connectivity index (χ4v) is 3.34. The molecule has 150 valence electrons. The minimum atomic E-state index is -0.0161. The SMILES string of the molecule is Cc1noc(C)c1CCC(=O)NCc1ccc(C(=O)N2CCN(C)CC2)cc1. The Bertz CT molecular complexity index is 801. The van der Waals surface area contributed by atoms with Crippen LogP contribution in [0.5, 0.6) is 0 Å². The average Bonchev–Trinajstić information content (AvgIpc) is 3.03. The molecule has 0 radical (unpaired) electrons. The van der Waals surface area contributed by atoms with Crippen molar-refractivity contribution >= 4 is 11.8 Å². The van der Waals surface area contributed by atoms with Gasteiger partial charge in [0, 0.05) is 50.3 Å². The number of aryl methyl sites for hydroxylation is 2. The first kappa shape index (κ1) is 20.1. The number of piperazine rings is 1. The molecule has 2 aromatic rings. The Balaban J connectivity index is 1.46. The molecule has 1 aromatic heterocycles. The van der Waals surface area contributed by atoms with E-state index in [-0.39, 0.29) is 11.8 Å². The minimum Gasteiger partial charge on any atom is -0.361 e. The summed E-state index contributed by atoms with van der Waals surface area (Å²) in [4.78, 5) is 28.8. The van der Waals surface area contributed by atoms with Gasteiger partial charge in [-0.25, -0.2) is 0 Å². The second kappa shape index (κ2) is 9.01. The molecule has 0 aliphatic carbocycles. The van der Waals surface area contributed by atoms with Crippen LogP contribution in [-0.4, -0.2) is 60.0 Å². The van der Waals surface area contributed by atoms with Crippen molar-refractivity contribution in [3.05, 3.63) is 52.4 Å². The first-order chi connectivity index (χ1) is 13.4. The lowest BCUT2D eigenvalue weighted by Gasteiger charge is -2.32. The third-order valence-electron chi connectivity index (χ3n) is 5.26. The Morgan fingerprint density at radius 3 is 2.39 bits per heavy atom. The largest absolute Gasteiger partial charge is 0.361 e. The van der Waals surface area contributed by atoms with Crippen molar-refractivity contribution in [3.63, 3.8) is 0 Å². The summed E-state index contributed by atoms with van der Waals surface area (Å²) in [6.45, 7) is 7.53. The van der Waals surface area contributed by atoms with Crippen LogP contribution < -0.4 is 5.32 Å². The van der Waals surface area contributed by atoms with Gasteiger partial charge in [-0.15, -0.1) is 0 Å². The van der Waals surface area contributed by atoms with E-state index in [1.807, 2.05) is 43.0 Å². The van der Waals surface area contributed by atoms with E-state index in [9.17, 15) is 9.59 Å². The number of carbonyl (C=O) groups is 2. The molecule has 1 aromatic carbocycles. The lowest BCUT2D eigenvalue weighted by Crippen LogP contribution is -2.47. The van der Waals surface area contributed by atoms with Crippen LogP contribution in [0.4, 0.5) is 0 Å². The molecule has 7 nitrogen and oxygen atoms in total. The first-order valence-corrected chi connectivity index (χ1v) is 9.69. The van der Waals surface area contributed by atoms with Gasteiger partial charge < -0.3 is 19.6 Å². The summed E-state index contributed by atoms with van der Waals surface area (Å²) in [6.07, 6.45) is 1.01. The summed E-state index contributed by atoms with van der Waals surface area (Å²) in [7, 11) is 2.07. The molecule has 1 aliphatic heterocycles. The zero-order chi connectivity index (χ0) is 20.1. The molecule has 7 heteroatoms.